The van der Waals surface area contributed by atoms with Crippen LogP contribution in [-0.4, -0.2) is 42.0 Å². The second kappa shape index (κ2) is 6.33. The highest BCUT2D eigenvalue weighted by Crippen LogP contribution is 2.18. The molecule has 1 aliphatic heterocycles. The standard InChI is InChI=1S/C13H18N4O3/c1-14-11-5-3-7-16(9-11)13(18)15-10-4-2-6-12(8-10)17(19)20/h2,4,6,8,11,14H,3,5,7,9H2,1H3,(H,15,18). The number of rotatable bonds is 3. The van der Waals surface area contributed by atoms with Gasteiger partial charge in [-0.2, -0.15) is 0 Å². The van der Waals surface area contributed by atoms with E-state index in [2.05, 4.69) is 10.6 Å². The molecule has 1 aliphatic rings. The van der Waals surface area contributed by atoms with Gasteiger partial charge >= 0.3 is 6.03 Å². The van der Waals surface area contributed by atoms with Gasteiger partial charge in [-0.25, -0.2) is 4.79 Å². The average molecular weight is 278 g/mol. The van der Waals surface area contributed by atoms with Crippen molar-refractivity contribution in [1.29, 1.82) is 0 Å². The number of likely N-dealkylation sites (N-methyl/N-ethyl adjacent to an activating group) is 1. The Kier molecular flexibility index (Phi) is 4.52. The van der Waals surface area contributed by atoms with E-state index < -0.39 is 4.92 Å². The quantitative estimate of drug-likeness (QED) is 0.652. The number of carbonyl (C=O) groups excluding carboxylic acids is 1. The maximum absolute atomic E-state index is 12.1. The van der Waals surface area contributed by atoms with Crippen LogP contribution in [0.3, 0.4) is 0 Å². The van der Waals surface area contributed by atoms with Crippen LogP contribution < -0.4 is 10.6 Å². The van der Waals surface area contributed by atoms with Crippen molar-refractivity contribution in [2.24, 2.45) is 0 Å². The van der Waals surface area contributed by atoms with Crippen LogP contribution in [-0.2, 0) is 0 Å². The minimum atomic E-state index is -0.479. The van der Waals surface area contributed by atoms with Gasteiger partial charge in [-0.3, -0.25) is 10.1 Å². The van der Waals surface area contributed by atoms with Gasteiger partial charge in [0.05, 0.1) is 4.92 Å². The van der Waals surface area contributed by atoms with Crippen LogP contribution in [0.4, 0.5) is 16.2 Å². The van der Waals surface area contributed by atoms with Gasteiger partial charge in [-0.1, -0.05) is 6.07 Å². The summed E-state index contributed by atoms with van der Waals surface area (Å²) in [6, 6.07) is 6.04. The summed E-state index contributed by atoms with van der Waals surface area (Å²) in [6.07, 6.45) is 2.00. The Labute approximate surface area is 117 Å². The summed E-state index contributed by atoms with van der Waals surface area (Å²) < 4.78 is 0. The highest BCUT2D eigenvalue weighted by Gasteiger charge is 2.22. The molecule has 1 fully saturated rings. The molecule has 0 bridgehead atoms. The first-order valence-corrected chi connectivity index (χ1v) is 6.58. The normalized spacial score (nSPS) is 18.6. The highest BCUT2D eigenvalue weighted by molar-refractivity contribution is 5.89. The van der Waals surface area contributed by atoms with Gasteiger partial charge in [0.1, 0.15) is 0 Å². The van der Waals surface area contributed by atoms with Gasteiger partial charge < -0.3 is 15.5 Å². The minimum Gasteiger partial charge on any atom is -0.323 e. The Hall–Kier alpha value is -2.15. The molecule has 2 N–H and O–H groups in total. The third kappa shape index (κ3) is 3.45. The number of hydrogen-bond donors (Lipinski definition) is 2. The Morgan fingerprint density at radius 1 is 1.50 bits per heavy atom. The number of likely N-dealkylation sites (tertiary alicyclic amines) is 1. The number of non-ortho nitro benzene ring substituents is 1. The van der Waals surface area contributed by atoms with Gasteiger partial charge in [-0.05, 0) is 26.0 Å². The first-order valence-electron chi connectivity index (χ1n) is 6.58. The van der Waals surface area contributed by atoms with Crippen molar-refractivity contribution >= 4 is 17.4 Å². The zero-order valence-corrected chi connectivity index (χ0v) is 11.3. The largest absolute Gasteiger partial charge is 0.323 e. The number of nitrogens with one attached hydrogen (secondary N) is 2. The highest BCUT2D eigenvalue weighted by atomic mass is 16.6. The lowest BCUT2D eigenvalue weighted by Crippen LogP contribution is -2.48. The zero-order valence-electron chi connectivity index (χ0n) is 11.3. The molecule has 0 aromatic heterocycles. The molecule has 7 heteroatoms. The van der Waals surface area contributed by atoms with Gasteiger partial charge in [-0.15, -0.1) is 0 Å². The third-order valence-electron chi connectivity index (χ3n) is 3.43. The van der Waals surface area contributed by atoms with E-state index in [-0.39, 0.29) is 11.7 Å². The van der Waals surface area contributed by atoms with E-state index in [0.29, 0.717) is 24.8 Å². The summed E-state index contributed by atoms with van der Waals surface area (Å²) in [6.45, 7) is 1.36. The molecule has 0 radical (unpaired) electrons. The molecule has 1 heterocycles. The number of urea groups is 1. The van der Waals surface area contributed by atoms with E-state index in [0.717, 1.165) is 12.8 Å². The van der Waals surface area contributed by atoms with Crippen molar-refractivity contribution < 1.29 is 9.72 Å². The molecule has 0 saturated carbocycles. The molecule has 20 heavy (non-hydrogen) atoms. The van der Waals surface area contributed by atoms with E-state index >= 15 is 0 Å². The van der Waals surface area contributed by atoms with Gasteiger partial charge in [0.15, 0.2) is 0 Å². The van der Waals surface area contributed by atoms with E-state index in [9.17, 15) is 14.9 Å². The molecule has 2 amide bonds. The molecule has 0 spiro atoms. The number of amides is 2. The summed E-state index contributed by atoms with van der Waals surface area (Å²) in [7, 11) is 1.88. The first-order chi connectivity index (χ1) is 9.60. The summed E-state index contributed by atoms with van der Waals surface area (Å²) in [5, 5.41) is 16.6. The maximum atomic E-state index is 12.1. The van der Waals surface area contributed by atoms with Crippen LogP contribution in [0.2, 0.25) is 0 Å². The van der Waals surface area contributed by atoms with Gasteiger partial charge in [0.25, 0.3) is 5.69 Å². The van der Waals surface area contributed by atoms with Crippen molar-refractivity contribution in [2.45, 2.75) is 18.9 Å². The fraction of sp³-hybridized carbons (Fsp3) is 0.462. The SMILES string of the molecule is CNC1CCCN(C(=O)Nc2cccc([N+](=O)[O-])c2)C1. The van der Waals surface area contributed by atoms with Crippen molar-refractivity contribution in [1.82, 2.24) is 10.2 Å². The molecule has 1 saturated heterocycles. The number of piperidine rings is 1. The third-order valence-corrected chi connectivity index (χ3v) is 3.43. The summed E-state index contributed by atoms with van der Waals surface area (Å²) in [4.78, 5) is 24.1. The number of nitro benzene ring substituents is 1. The van der Waals surface area contributed by atoms with Crippen molar-refractivity contribution in [3.05, 3.63) is 34.4 Å². The van der Waals surface area contributed by atoms with Crippen molar-refractivity contribution in [3.63, 3.8) is 0 Å². The molecule has 0 aliphatic carbocycles. The Bertz CT molecular complexity index is 506. The first kappa shape index (κ1) is 14.3. The van der Waals surface area contributed by atoms with Crippen molar-refractivity contribution in [3.8, 4) is 0 Å². The van der Waals surface area contributed by atoms with Crippen LogP contribution in [0.5, 0.6) is 0 Å². The molecular formula is C13H18N4O3. The van der Waals surface area contributed by atoms with Crippen LogP contribution in [0.15, 0.2) is 24.3 Å². The molecule has 1 atom stereocenters. The topological polar surface area (TPSA) is 87.5 Å². The zero-order chi connectivity index (χ0) is 14.5. The molecule has 2 rings (SSSR count). The molecule has 108 valence electrons. The number of nitro groups is 1. The van der Waals surface area contributed by atoms with Crippen LogP contribution in [0, 0.1) is 10.1 Å². The Morgan fingerprint density at radius 2 is 2.30 bits per heavy atom. The smallest absolute Gasteiger partial charge is 0.321 e. The van der Waals surface area contributed by atoms with Gasteiger partial charge in [0.2, 0.25) is 0 Å². The fourth-order valence-electron chi connectivity index (χ4n) is 2.30. The molecule has 1 unspecified atom stereocenters. The Morgan fingerprint density at radius 3 is 3.00 bits per heavy atom. The summed E-state index contributed by atoms with van der Waals surface area (Å²) >= 11 is 0. The van der Waals surface area contributed by atoms with E-state index in [1.165, 1.54) is 12.1 Å². The Balaban J connectivity index is 2.00. The minimum absolute atomic E-state index is 0.0328. The fourth-order valence-corrected chi connectivity index (χ4v) is 2.30. The molecule has 7 nitrogen and oxygen atoms in total. The van der Waals surface area contributed by atoms with E-state index in [1.807, 2.05) is 7.05 Å². The lowest BCUT2D eigenvalue weighted by atomic mass is 10.1. The van der Waals surface area contributed by atoms with Crippen LogP contribution >= 0.6 is 0 Å². The second-order valence-corrected chi connectivity index (χ2v) is 4.81. The number of nitrogens with zero attached hydrogens (tertiary/aromatic N) is 2. The van der Waals surface area contributed by atoms with Crippen molar-refractivity contribution in [2.75, 3.05) is 25.5 Å². The number of benzene rings is 1. The molecule has 1 aromatic carbocycles. The number of carbonyl (C=O) groups is 1. The molecule has 1 aromatic rings. The monoisotopic (exact) mass is 278 g/mol. The second-order valence-electron chi connectivity index (χ2n) is 4.81. The van der Waals surface area contributed by atoms with Crippen LogP contribution in [0.1, 0.15) is 12.8 Å². The molecular weight excluding hydrogens is 260 g/mol. The maximum Gasteiger partial charge on any atom is 0.321 e. The lowest BCUT2D eigenvalue weighted by molar-refractivity contribution is -0.384. The summed E-state index contributed by atoms with van der Waals surface area (Å²) in [5.74, 6) is 0. The number of hydrogen-bond acceptors (Lipinski definition) is 4. The lowest BCUT2D eigenvalue weighted by Gasteiger charge is -2.32. The summed E-state index contributed by atoms with van der Waals surface area (Å²) in [5.41, 5.74) is 0.408. The van der Waals surface area contributed by atoms with E-state index in [1.54, 1.807) is 17.0 Å². The van der Waals surface area contributed by atoms with Crippen LogP contribution in [0.25, 0.3) is 0 Å². The average Bonchev–Trinajstić information content (AvgIpc) is 2.47. The number of anilines is 1. The van der Waals surface area contributed by atoms with Gasteiger partial charge in [0, 0.05) is 37.0 Å². The predicted molar refractivity (Wildman–Crippen MR) is 75.8 cm³/mol. The predicted octanol–water partition coefficient (Wildman–Crippen LogP) is 1.81. The van der Waals surface area contributed by atoms with E-state index in [4.69, 9.17) is 0 Å².